The standard InChI is InChI=1S/C10H16N4O4/c11-2-5-4-14(10(17)13-9(5)16)8-1-6(15)7(3-12)18-8/h4,6-8,15H,1-3,11-12H2,(H,13,16,17)/t6-,7+,8+/m0/s1. The molecule has 0 saturated carbocycles. The minimum atomic E-state index is -0.722. The summed E-state index contributed by atoms with van der Waals surface area (Å²) in [7, 11) is 0. The molecule has 1 aromatic rings. The molecule has 1 aliphatic heterocycles. The molecule has 0 radical (unpaired) electrons. The molecule has 1 aromatic heterocycles. The van der Waals surface area contributed by atoms with Gasteiger partial charge in [-0.2, -0.15) is 0 Å². The van der Waals surface area contributed by atoms with Crippen LogP contribution in [0.25, 0.3) is 0 Å². The second-order valence-electron chi connectivity index (χ2n) is 4.19. The number of ether oxygens (including phenoxy) is 1. The van der Waals surface area contributed by atoms with E-state index in [0.717, 1.165) is 0 Å². The molecule has 0 bridgehead atoms. The van der Waals surface area contributed by atoms with E-state index in [-0.39, 0.29) is 25.1 Å². The molecule has 3 atom stereocenters. The molecule has 0 unspecified atom stereocenters. The maximum atomic E-state index is 11.7. The van der Waals surface area contributed by atoms with Crippen LogP contribution in [0.3, 0.4) is 0 Å². The van der Waals surface area contributed by atoms with Crippen LogP contribution >= 0.6 is 0 Å². The Morgan fingerprint density at radius 2 is 2.22 bits per heavy atom. The summed E-state index contributed by atoms with van der Waals surface area (Å²) in [6.45, 7) is 0.185. The molecular formula is C10H16N4O4. The van der Waals surface area contributed by atoms with E-state index >= 15 is 0 Å². The first-order valence-corrected chi connectivity index (χ1v) is 5.64. The van der Waals surface area contributed by atoms with E-state index in [0.29, 0.717) is 0 Å². The third kappa shape index (κ3) is 2.23. The molecule has 1 aliphatic rings. The highest BCUT2D eigenvalue weighted by molar-refractivity contribution is 5.04. The van der Waals surface area contributed by atoms with Crippen LogP contribution in [0, 0.1) is 0 Å². The van der Waals surface area contributed by atoms with Gasteiger partial charge in [0, 0.05) is 31.3 Å². The lowest BCUT2D eigenvalue weighted by atomic mass is 10.2. The van der Waals surface area contributed by atoms with E-state index in [9.17, 15) is 14.7 Å². The van der Waals surface area contributed by atoms with Gasteiger partial charge in [0.15, 0.2) is 0 Å². The first-order chi connectivity index (χ1) is 8.56. The minimum absolute atomic E-state index is 0.0191. The summed E-state index contributed by atoms with van der Waals surface area (Å²) in [6, 6.07) is 0. The highest BCUT2D eigenvalue weighted by Gasteiger charge is 2.34. The zero-order chi connectivity index (χ0) is 13.3. The Labute approximate surface area is 102 Å². The summed E-state index contributed by atoms with van der Waals surface area (Å²) < 4.78 is 6.68. The van der Waals surface area contributed by atoms with Gasteiger partial charge in [0.25, 0.3) is 5.56 Å². The van der Waals surface area contributed by atoms with Crippen molar-refractivity contribution in [1.29, 1.82) is 0 Å². The third-order valence-electron chi connectivity index (χ3n) is 3.01. The molecule has 8 nitrogen and oxygen atoms in total. The Morgan fingerprint density at radius 1 is 1.50 bits per heavy atom. The first kappa shape index (κ1) is 13.0. The Kier molecular flexibility index (Phi) is 3.62. The second kappa shape index (κ2) is 5.02. The zero-order valence-electron chi connectivity index (χ0n) is 9.70. The third-order valence-corrected chi connectivity index (χ3v) is 3.01. The second-order valence-corrected chi connectivity index (χ2v) is 4.19. The minimum Gasteiger partial charge on any atom is -0.390 e. The van der Waals surface area contributed by atoms with Gasteiger partial charge < -0.3 is 21.3 Å². The fourth-order valence-electron chi connectivity index (χ4n) is 1.98. The van der Waals surface area contributed by atoms with Crippen LogP contribution in [-0.4, -0.2) is 33.4 Å². The maximum absolute atomic E-state index is 11.7. The van der Waals surface area contributed by atoms with Crippen LogP contribution in [0.2, 0.25) is 0 Å². The van der Waals surface area contributed by atoms with Crippen molar-refractivity contribution in [1.82, 2.24) is 9.55 Å². The number of hydrogen-bond acceptors (Lipinski definition) is 6. The molecule has 0 aromatic carbocycles. The first-order valence-electron chi connectivity index (χ1n) is 5.64. The number of hydrogen-bond donors (Lipinski definition) is 4. The van der Waals surface area contributed by atoms with E-state index in [1.165, 1.54) is 10.8 Å². The van der Waals surface area contributed by atoms with Gasteiger partial charge in [-0.25, -0.2) is 4.79 Å². The van der Waals surface area contributed by atoms with E-state index < -0.39 is 29.7 Å². The van der Waals surface area contributed by atoms with Crippen LogP contribution in [0.5, 0.6) is 0 Å². The summed E-state index contributed by atoms with van der Waals surface area (Å²) >= 11 is 0. The van der Waals surface area contributed by atoms with E-state index in [2.05, 4.69) is 4.98 Å². The lowest BCUT2D eigenvalue weighted by molar-refractivity contribution is -0.0152. The molecule has 2 heterocycles. The fourth-order valence-corrected chi connectivity index (χ4v) is 1.98. The zero-order valence-corrected chi connectivity index (χ0v) is 9.70. The predicted octanol–water partition coefficient (Wildman–Crippen LogP) is -2.40. The molecule has 1 saturated heterocycles. The van der Waals surface area contributed by atoms with Crippen molar-refractivity contribution in [3.63, 3.8) is 0 Å². The number of nitrogens with two attached hydrogens (primary N) is 2. The van der Waals surface area contributed by atoms with Crippen molar-refractivity contribution in [2.24, 2.45) is 11.5 Å². The molecule has 2 rings (SSSR count). The van der Waals surface area contributed by atoms with Crippen LogP contribution in [-0.2, 0) is 11.3 Å². The average molecular weight is 256 g/mol. The molecular weight excluding hydrogens is 240 g/mol. The van der Waals surface area contributed by atoms with Crippen LogP contribution in [0.1, 0.15) is 18.2 Å². The SMILES string of the molecule is NCc1cn([C@H]2C[C@H](O)[C@@H](CN)O2)c(=O)[nH]c1=O. The van der Waals surface area contributed by atoms with Gasteiger partial charge >= 0.3 is 5.69 Å². The Balaban J connectivity index is 2.35. The maximum Gasteiger partial charge on any atom is 0.330 e. The van der Waals surface area contributed by atoms with E-state index in [4.69, 9.17) is 16.2 Å². The van der Waals surface area contributed by atoms with Crippen LogP contribution in [0.4, 0.5) is 0 Å². The van der Waals surface area contributed by atoms with Crippen molar-refractivity contribution >= 4 is 0 Å². The lowest BCUT2D eigenvalue weighted by Gasteiger charge is -2.15. The number of aliphatic hydroxyl groups excluding tert-OH is 1. The van der Waals surface area contributed by atoms with Gasteiger partial charge in [0.2, 0.25) is 0 Å². The predicted molar refractivity (Wildman–Crippen MR) is 62.8 cm³/mol. The molecule has 0 spiro atoms. The Bertz CT molecular complexity index is 537. The molecule has 0 amide bonds. The van der Waals surface area contributed by atoms with Gasteiger partial charge in [0.1, 0.15) is 6.23 Å². The van der Waals surface area contributed by atoms with Crippen molar-refractivity contribution < 1.29 is 9.84 Å². The summed E-state index contributed by atoms with van der Waals surface area (Å²) in [5.74, 6) is 0. The topological polar surface area (TPSA) is 136 Å². The van der Waals surface area contributed by atoms with E-state index in [1.54, 1.807) is 0 Å². The molecule has 8 heteroatoms. The summed E-state index contributed by atoms with van der Waals surface area (Å²) in [5, 5.41) is 9.68. The van der Waals surface area contributed by atoms with Crippen molar-refractivity contribution in [2.45, 2.75) is 31.4 Å². The molecule has 6 N–H and O–H groups in total. The van der Waals surface area contributed by atoms with Crippen LogP contribution in [0.15, 0.2) is 15.8 Å². The number of aromatic nitrogens is 2. The smallest absolute Gasteiger partial charge is 0.330 e. The largest absolute Gasteiger partial charge is 0.390 e. The number of rotatable bonds is 3. The van der Waals surface area contributed by atoms with Gasteiger partial charge in [0.05, 0.1) is 12.2 Å². The number of H-pyrrole nitrogens is 1. The van der Waals surface area contributed by atoms with E-state index in [1.807, 2.05) is 0 Å². The van der Waals surface area contributed by atoms with Crippen molar-refractivity contribution in [2.75, 3.05) is 6.54 Å². The Morgan fingerprint density at radius 3 is 2.78 bits per heavy atom. The van der Waals surface area contributed by atoms with Crippen molar-refractivity contribution in [3.8, 4) is 0 Å². The summed E-state index contributed by atoms with van der Waals surface area (Å²) in [6.07, 6.45) is -0.256. The highest BCUT2D eigenvalue weighted by Crippen LogP contribution is 2.26. The fraction of sp³-hybridized carbons (Fsp3) is 0.600. The summed E-state index contributed by atoms with van der Waals surface area (Å²) in [5.41, 5.74) is 10.0. The highest BCUT2D eigenvalue weighted by atomic mass is 16.5. The molecule has 0 aliphatic carbocycles. The summed E-state index contributed by atoms with van der Waals surface area (Å²) in [4.78, 5) is 25.2. The number of aliphatic hydroxyl groups is 1. The number of nitrogens with zero attached hydrogens (tertiary/aromatic N) is 1. The monoisotopic (exact) mass is 256 g/mol. The molecule has 100 valence electrons. The average Bonchev–Trinajstić information content (AvgIpc) is 2.70. The van der Waals surface area contributed by atoms with Gasteiger partial charge in [-0.15, -0.1) is 0 Å². The van der Waals surface area contributed by atoms with Gasteiger partial charge in [-0.1, -0.05) is 0 Å². The normalized spacial score (nSPS) is 27.6. The van der Waals surface area contributed by atoms with Crippen LogP contribution < -0.4 is 22.7 Å². The lowest BCUT2D eigenvalue weighted by Crippen LogP contribution is -2.35. The number of nitrogens with one attached hydrogen (secondary N) is 1. The number of aromatic amines is 1. The molecule has 1 fully saturated rings. The van der Waals surface area contributed by atoms with Gasteiger partial charge in [-0.05, 0) is 0 Å². The quantitative estimate of drug-likeness (QED) is 0.476. The van der Waals surface area contributed by atoms with Crippen molar-refractivity contribution in [3.05, 3.63) is 32.6 Å². The molecule has 18 heavy (non-hydrogen) atoms. The Hall–Kier alpha value is -1.48. The van der Waals surface area contributed by atoms with Gasteiger partial charge in [-0.3, -0.25) is 14.3 Å².